The lowest BCUT2D eigenvalue weighted by atomic mass is 9.98. The Morgan fingerprint density at radius 3 is 2.19 bits per heavy atom. The third kappa shape index (κ3) is 10.1. The number of ether oxygens (including phenoxy) is 1. The number of halogens is 1. The van der Waals surface area contributed by atoms with Crippen molar-refractivity contribution in [3.05, 3.63) is 28.7 Å². The molecule has 7 heteroatoms. The van der Waals surface area contributed by atoms with Crippen molar-refractivity contribution in [3.63, 3.8) is 0 Å². The van der Waals surface area contributed by atoms with Gasteiger partial charge in [-0.25, -0.2) is 4.79 Å². The number of carbonyl (C=O) groups excluding carboxylic acids is 3. The van der Waals surface area contributed by atoms with Crippen molar-refractivity contribution in [3.8, 4) is 0 Å². The standard InChI is InChI=1S/C20H29BrN2O4/c1-13(2)12-16(17(24)10-11-18(25)27-20(3,4)5)23-19(26)22-15-8-6-14(21)7-9-15/h6-9,13,16H,10-12H2,1-5H3,(H2,22,23,26)/t16-/m1/s1. The van der Waals surface area contributed by atoms with E-state index in [1.54, 1.807) is 32.9 Å². The highest BCUT2D eigenvalue weighted by atomic mass is 79.9. The second-order valence-corrected chi connectivity index (χ2v) is 8.76. The van der Waals surface area contributed by atoms with Gasteiger partial charge in [-0.15, -0.1) is 0 Å². The van der Waals surface area contributed by atoms with E-state index < -0.39 is 23.6 Å². The number of hydrogen-bond donors (Lipinski definition) is 2. The summed E-state index contributed by atoms with van der Waals surface area (Å²) < 4.78 is 6.13. The number of esters is 1. The highest BCUT2D eigenvalue weighted by molar-refractivity contribution is 9.10. The minimum absolute atomic E-state index is 0.000704. The van der Waals surface area contributed by atoms with Gasteiger partial charge >= 0.3 is 12.0 Å². The summed E-state index contributed by atoms with van der Waals surface area (Å²) in [7, 11) is 0. The van der Waals surface area contributed by atoms with Crippen LogP contribution in [0.1, 0.15) is 53.9 Å². The minimum atomic E-state index is -0.650. The molecular weight excluding hydrogens is 412 g/mol. The van der Waals surface area contributed by atoms with Crippen molar-refractivity contribution < 1.29 is 19.1 Å². The second kappa shape index (κ2) is 10.4. The van der Waals surface area contributed by atoms with Gasteiger partial charge in [0.2, 0.25) is 0 Å². The number of nitrogens with one attached hydrogen (secondary N) is 2. The van der Waals surface area contributed by atoms with Crippen LogP contribution in [0.2, 0.25) is 0 Å². The molecule has 0 radical (unpaired) electrons. The molecule has 2 amide bonds. The summed E-state index contributed by atoms with van der Waals surface area (Å²) in [5, 5.41) is 5.43. The molecule has 1 atom stereocenters. The van der Waals surface area contributed by atoms with Gasteiger partial charge < -0.3 is 15.4 Å². The molecule has 1 rings (SSSR count). The van der Waals surface area contributed by atoms with Crippen LogP contribution >= 0.6 is 15.9 Å². The maximum atomic E-state index is 12.5. The Morgan fingerprint density at radius 2 is 1.67 bits per heavy atom. The molecule has 0 saturated carbocycles. The van der Waals surface area contributed by atoms with Gasteiger partial charge in [-0.3, -0.25) is 9.59 Å². The van der Waals surface area contributed by atoms with Crippen molar-refractivity contribution in [2.75, 3.05) is 5.32 Å². The number of Topliss-reactive ketones (excluding diaryl/α,β-unsaturated/α-hetero) is 1. The Morgan fingerprint density at radius 1 is 1.07 bits per heavy atom. The average Bonchev–Trinajstić information content (AvgIpc) is 2.52. The molecule has 0 fully saturated rings. The Balaban J connectivity index is 2.62. The molecule has 0 aliphatic carbocycles. The topological polar surface area (TPSA) is 84.5 Å². The van der Waals surface area contributed by atoms with Gasteiger partial charge in [-0.05, 0) is 57.4 Å². The van der Waals surface area contributed by atoms with Crippen molar-refractivity contribution in [2.45, 2.75) is 65.5 Å². The van der Waals surface area contributed by atoms with Gasteiger partial charge in [0.15, 0.2) is 5.78 Å². The van der Waals surface area contributed by atoms with Crippen LogP contribution in [0.15, 0.2) is 28.7 Å². The fourth-order valence-electron chi connectivity index (χ4n) is 2.39. The van der Waals surface area contributed by atoms with Crippen LogP contribution in [-0.4, -0.2) is 29.4 Å². The van der Waals surface area contributed by atoms with Crippen LogP contribution in [0.3, 0.4) is 0 Å². The quantitative estimate of drug-likeness (QED) is 0.574. The van der Waals surface area contributed by atoms with Gasteiger partial charge in [0.05, 0.1) is 12.5 Å². The van der Waals surface area contributed by atoms with Crippen LogP contribution in [0.25, 0.3) is 0 Å². The molecule has 27 heavy (non-hydrogen) atoms. The molecule has 0 spiro atoms. The average molecular weight is 441 g/mol. The van der Waals surface area contributed by atoms with E-state index in [0.29, 0.717) is 12.1 Å². The third-order valence-electron chi connectivity index (χ3n) is 3.50. The second-order valence-electron chi connectivity index (χ2n) is 7.84. The fourth-order valence-corrected chi connectivity index (χ4v) is 2.66. The van der Waals surface area contributed by atoms with Crippen molar-refractivity contribution in [1.82, 2.24) is 5.32 Å². The number of rotatable bonds is 8. The normalized spacial score (nSPS) is 12.4. The summed E-state index contributed by atoms with van der Waals surface area (Å²) in [5.41, 5.74) is 0.0421. The lowest BCUT2D eigenvalue weighted by Crippen LogP contribution is -2.44. The number of ketones is 1. The molecule has 1 aromatic carbocycles. The van der Waals surface area contributed by atoms with E-state index in [4.69, 9.17) is 4.74 Å². The van der Waals surface area contributed by atoms with E-state index in [1.165, 1.54) is 0 Å². The van der Waals surface area contributed by atoms with Crippen LogP contribution in [0, 0.1) is 5.92 Å². The monoisotopic (exact) mass is 440 g/mol. The van der Waals surface area contributed by atoms with E-state index in [9.17, 15) is 14.4 Å². The molecule has 6 nitrogen and oxygen atoms in total. The van der Waals surface area contributed by atoms with Crippen molar-refractivity contribution in [2.24, 2.45) is 5.92 Å². The fraction of sp³-hybridized carbons (Fsp3) is 0.550. The molecule has 0 aliphatic heterocycles. The molecule has 2 N–H and O–H groups in total. The number of anilines is 1. The maximum absolute atomic E-state index is 12.5. The molecule has 0 heterocycles. The summed E-state index contributed by atoms with van der Waals surface area (Å²) in [6.45, 7) is 9.29. The van der Waals surface area contributed by atoms with Gasteiger partial charge in [0.25, 0.3) is 0 Å². The van der Waals surface area contributed by atoms with E-state index in [-0.39, 0.29) is 24.5 Å². The number of benzene rings is 1. The zero-order valence-corrected chi connectivity index (χ0v) is 18.2. The van der Waals surface area contributed by atoms with Crippen LogP contribution < -0.4 is 10.6 Å². The van der Waals surface area contributed by atoms with Crippen molar-refractivity contribution >= 4 is 39.4 Å². The zero-order chi connectivity index (χ0) is 20.6. The summed E-state index contributed by atoms with van der Waals surface area (Å²) in [5.74, 6) is -0.382. The Labute approximate surface area is 169 Å². The molecule has 1 aromatic rings. The predicted molar refractivity (Wildman–Crippen MR) is 110 cm³/mol. The molecule has 0 aromatic heterocycles. The number of amides is 2. The Bertz CT molecular complexity index is 651. The summed E-state index contributed by atoms with van der Waals surface area (Å²) >= 11 is 3.33. The number of hydrogen-bond acceptors (Lipinski definition) is 4. The van der Waals surface area contributed by atoms with Gasteiger partial charge in [0.1, 0.15) is 5.60 Å². The predicted octanol–water partition coefficient (Wildman–Crippen LogP) is 4.68. The van der Waals surface area contributed by atoms with Crippen LogP contribution in [-0.2, 0) is 14.3 Å². The van der Waals surface area contributed by atoms with Gasteiger partial charge in [-0.2, -0.15) is 0 Å². The first kappa shape index (κ1) is 23.1. The van der Waals surface area contributed by atoms with Crippen LogP contribution in [0.5, 0.6) is 0 Å². The third-order valence-corrected chi connectivity index (χ3v) is 4.03. The lowest BCUT2D eigenvalue weighted by Gasteiger charge is -2.21. The Kier molecular flexibility index (Phi) is 8.96. The first-order valence-corrected chi connectivity index (χ1v) is 9.83. The molecule has 150 valence electrons. The molecular formula is C20H29BrN2O4. The lowest BCUT2D eigenvalue weighted by molar-refractivity contribution is -0.155. The number of carbonyl (C=O) groups is 3. The summed E-state index contributed by atoms with van der Waals surface area (Å²) in [6.07, 6.45) is 0.534. The highest BCUT2D eigenvalue weighted by Gasteiger charge is 2.24. The molecule has 0 bridgehead atoms. The first-order valence-electron chi connectivity index (χ1n) is 9.04. The molecule has 0 saturated heterocycles. The van der Waals surface area contributed by atoms with Gasteiger partial charge in [-0.1, -0.05) is 29.8 Å². The summed E-state index contributed by atoms with van der Waals surface area (Å²) in [4.78, 5) is 36.6. The highest BCUT2D eigenvalue weighted by Crippen LogP contribution is 2.15. The summed E-state index contributed by atoms with van der Waals surface area (Å²) in [6, 6.07) is 6.04. The molecule has 0 aliphatic rings. The smallest absolute Gasteiger partial charge is 0.319 e. The van der Waals surface area contributed by atoms with Gasteiger partial charge in [0, 0.05) is 16.6 Å². The van der Waals surface area contributed by atoms with E-state index in [0.717, 1.165) is 4.47 Å². The first-order chi connectivity index (χ1) is 12.5. The SMILES string of the molecule is CC(C)C[C@@H](NC(=O)Nc1ccc(Br)cc1)C(=O)CCC(=O)OC(C)(C)C. The van der Waals surface area contributed by atoms with E-state index in [2.05, 4.69) is 26.6 Å². The molecule has 0 unspecified atom stereocenters. The maximum Gasteiger partial charge on any atom is 0.319 e. The number of urea groups is 1. The van der Waals surface area contributed by atoms with E-state index in [1.807, 2.05) is 26.0 Å². The Hall–Kier alpha value is -1.89. The largest absolute Gasteiger partial charge is 0.460 e. The van der Waals surface area contributed by atoms with Crippen LogP contribution in [0.4, 0.5) is 10.5 Å². The zero-order valence-electron chi connectivity index (χ0n) is 16.6. The van der Waals surface area contributed by atoms with Crippen molar-refractivity contribution in [1.29, 1.82) is 0 Å². The minimum Gasteiger partial charge on any atom is -0.460 e. The van der Waals surface area contributed by atoms with E-state index >= 15 is 0 Å².